The van der Waals surface area contributed by atoms with E-state index < -0.39 is 17.4 Å². The van der Waals surface area contributed by atoms with Crippen LogP contribution in [0.25, 0.3) is 11.2 Å². The molecular formula is C25H37N5O4. The third kappa shape index (κ3) is 6.08. The lowest BCUT2D eigenvalue weighted by molar-refractivity contribution is 0.0938. The number of H-pyrrole nitrogens is 1. The maximum atomic E-state index is 12.7. The Hall–Kier alpha value is -3.07. The topological polar surface area (TPSA) is 114 Å². The van der Waals surface area contributed by atoms with Crippen LogP contribution in [0.4, 0.5) is 5.95 Å². The van der Waals surface area contributed by atoms with E-state index in [0.29, 0.717) is 24.2 Å². The van der Waals surface area contributed by atoms with Gasteiger partial charge in [0.25, 0.3) is 5.56 Å². The lowest BCUT2D eigenvalue weighted by Gasteiger charge is -2.18. The maximum Gasteiger partial charge on any atom is 0.329 e. The normalized spacial score (nSPS) is 13.2. The second-order valence-electron chi connectivity index (χ2n) is 8.80. The molecule has 0 spiro atoms. The number of aromatic amines is 1. The Bertz CT molecular complexity index is 1200. The molecule has 1 aromatic carbocycles. The fraction of sp³-hybridized carbons (Fsp3) is 0.560. The number of aliphatic hydroxyl groups excluding tert-OH is 1. The van der Waals surface area contributed by atoms with E-state index in [0.717, 1.165) is 37.7 Å². The summed E-state index contributed by atoms with van der Waals surface area (Å²) in [5, 5.41) is 14.1. The molecule has 9 nitrogen and oxygen atoms in total. The zero-order chi connectivity index (χ0) is 24.7. The molecule has 2 heterocycles. The van der Waals surface area contributed by atoms with Crippen LogP contribution < -0.4 is 21.3 Å². The highest BCUT2D eigenvalue weighted by Gasteiger charge is 2.20. The minimum atomic E-state index is -0.887. The van der Waals surface area contributed by atoms with Crippen molar-refractivity contribution in [3.63, 3.8) is 0 Å². The Morgan fingerprint density at radius 3 is 2.74 bits per heavy atom. The maximum absolute atomic E-state index is 12.7. The zero-order valence-corrected chi connectivity index (χ0v) is 20.6. The summed E-state index contributed by atoms with van der Waals surface area (Å²) in [7, 11) is 1.57. The number of unbranched alkanes of at least 4 members (excludes halogenated alkanes) is 1. The van der Waals surface area contributed by atoms with Crippen molar-refractivity contribution in [2.24, 2.45) is 13.0 Å². The molecule has 34 heavy (non-hydrogen) atoms. The third-order valence-corrected chi connectivity index (χ3v) is 6.24. The molecule has 0 saturated heterocycles. The van der Waals surface area contributed by atoms with Crippen LogP contribution in [-0.2, 0) is 20.0 Å². The predicted octanol–water partition coefficient (Wildman–Crippen LogP) is 3.05. The summed E-state index contributed by atoms with van der Waals surface area (Å²) in [5.74, 6) is 1.62. The highest BCUT2D eigenvalue weighted by molar-refractivity contribution is 5.74. The monoisotopic (exact) mass is 471 g/mol. The number of hydrogen-bond donors (Lipinski definition) is 3. The van der Waals surface area contributed by atoms with Gasteiger partial charge in [-0.1, -0.05) is 52.2 Å². The van der Waals surface area contributed by atoms with Crippen LogP contribution in [0.3, 0.4) is 0 Å². The van der Waals surface area contributed by atoms with Gasteiger partial charge in [0.1, 0.15) is 18.5 Å². The molecule has 0 aliphatic carbocycles. The molecule has 0 fully saturated rings. The summed E-state index contributed by atoms with van der Waals surface area (Å²) in [6, 6.07) is 7.76. The number of fused-ring (bicyclic) bond motifs is 1. The van der Waals surface area contributed by atoms with Gasteiger partial charge in [-0.2, -0.15) is 4.98 Å². The lowest BCUT2D eigenvalue weighted by Crippen LogP contribution is -2.31. The third-order valence-electron chi connectivity index (χ3n) is 6.24. The number of anilines is 1. The van der Waals surface area contributed by atoms with Crippen LogP contribution in [0, 0.1) is 5.92 Å². The van der Waals surface area contributed by atoms with Crippen molar-refractivity contribution >= 4 is 17.1 Å². The van der Waals surface area contributed by atoms with E-state index >= 15 is 0 Å². The van der Waals surface area contributed by atoms with E-state index in [-0.39, 0.29) is 24.3 Å². The van der Waals surface area contributed by atoms with Crippen molar-refractivity contribution < 1.29 is 9.84 Å². The Morgan fingerprint density at radius 1 is 1.24 bits per heavy atom. The van der Waals surface area contributed by atoms with E-state index in [9.17, 15) is 14.7 Å². The fourth-order valence-corrected chi connectivity index (χ4v) is 4.04. The molecule has 186 valence electrons. The van der Waals surface area contributed by atoms with E-state index in [1.165, 1.54) is 4.57 Å². The largest absolute Gasteiger partial charge is 0.491 e. The second kappa shape index (κ2) is 11.9. The van der Waals surface area contributed by atoms with Crippen molar-refractivity contribution in [3.05, 3.63) is 50.7 Å². The van der Waals surface area contributed by atoms with Gasteiger partial charge < -0.3 is 19.7 Å². The van der Waals surface area contributed by atoms with Gasteiger partial charge in [0.05, 0.1) is 6.54 Å². The molecule has 3 rings (SSSR count). The van der Waals surface area contributed by atoms with E-state index in [1.807, 2.05) is 24.3 Å². The molecule has 0 aliphatic heterocycles. The zero-order valence-electron chi connectivity index (χ0n) is 20.6. The molecule has 2 aromatic heterocycles. The number of hydrogen-bond acceptors (Lipinski definition) is 6. The number of nitrogens with zero attached hydrogens (tertiary/aromatic N) is 3. The Labute approximate surface area is 199 Å². The number of rotatable bonds is 13. The number of aryl methyl sites for hydroxylation is 2. The van der Waals surface area contributed by atoms with Gasteiger partial charge in [0, 0.05) is 13.6 Å². The number of aromatic nitrogens is 4. The second-order valence-corrected chi connectivity index (χ2v) is 8.80. The smallest absolute Gasteiger partial charge is 0.329 e. The summed E-state index contributed by atoms with van der Waals surface area (Å²) >= 11 is 0. The van der Waals surface area contributed by atoms with Crippen molar-refractivity contribution in [2.45, 2.75) is 65.5 Å². The van der Waals surface area contributed by atoms with Crippen LogP contribution in [0.15, 0.2) is 33.9 Å². The number of ether oxygens (including phenoxy) is 1. The van der Waals surface area contributed by atoms with Crippen molar-refractivity contribution in [1.82, 2.24) is 19.1 Å². The van der Waals surface area contributed by atoms with Gasteiger partial charge in [-0.05, 0) is 36.5 Å². The summed E-state index contributed by atoms with van der Waals surface area (Å²) < 4.78 is 8.76. The van der Waals surface area contributed by atoms with Crippen LogP contribution >= 0.6 is 0 Å². The average molecular weight is 472 g/mol. The molecule has 0 radical (unpaired) electrons. The minimum absolute atomic E-state index is 0.0596. The molecule has 3 aromatic rings. The average Bonchev–Trinajstić information content (AvgIpc) is 3.20. The molecular weight excluding hydrogens is 434 g/mol. The minimum Gasteiger partial charge on any atom is -0.491 e. The number of imidazole rings is 1. The summed E-state index contributed by atoms with van der Waals surface area (Å²) in [6.07, 6.45) is 4.43. The first kappa shape index (κ1) is 25.6. The highest BCUT2D eigenvalue weighted by Crippen LogP contribution is 2.19. The van der Waals surface area contributed by atoms with Crippen molar-refractivity contribution in [3.8, 4) is 5.75 Å². The van der Waals surface area contributed by atoms with E-state index in [1.54, 1.807) is 11.6 Å². The van der Waals surface area contributed by atoms with Gasteiger partial charge in [-0.3, -0.25) is 14.3 Å². The molecule has 0 aliphatic rings. The fourth-order valence-electron chi connectivity index (χ4n) is 4.04. The molecule has 9 heteroatoms. The van der Waals surface area contributed by atoms with Crippen LogP contribution in [0.2, 0.25) is 0 Å². The van der Waals surface area contributed by atoms with Crippen LogP contribution in [0.1, 0.15) is 52.0 Å². The molecule has 3 N–H and O–H groups in total. The summed E-state index contributed by atoms with van der Waals surface area (Å²) in [6.45, 7) is 7.26. The first-order valence-corrected chi connectivity index (χ1v) is 12.2. The highest BCUT2D eigenvalue weighted by atomic mass is 16.5. The standard InChI is InChI=1S/C25H37N5O4/c1-5-8-10-18(7-3)14-26-24-27-22-21(23(32)28-25(33)29(22)4)30(24)15-19(31)16-34-20-12-9-11-17(6-2)13-20/h9,11-13,18-19,31H,5-8,10,14-16H2,1-4H3,(H,26,27)(H,28,32,33)/t18-,19+/m1/s1. The first-order chi connectivity index (χ1) is 16.4. The molecule has 0 amide bonds. The molecule has 0 bridgehead atoms. The first-order valence-electron chi connectivity index (χ1n) is 12.2. The Morgan fingerprint density at radius 2 is 2.03 bits per heavy atom. The van der Waals surface area contributed by atoms with Gasteiger partial charge in [0.2, 0.25) is 5.95 Å². The van der Waals surface area contributed by atoms with Crippen molar-refractivity contribution in [2.75, 3.05) is 18.5 Å². The van der Waals surface area contributed by atoms with Gasteiger partial charge in [-0.15, -0.1) is 0 Å². The molecule has 2 atom stereocenters. The number of nitrogens with one attached hydrogen (secondary N) is 2. The molecule has 0 saturated carbocycles. The summed E-state index contributed by atoms with van der Waals surface area (Å²) in [4.78, 5) is 31.7. The van der Waals surface area contributed by atoms with Crippen LogP contribution in [0.5, 0.6) is 5.75 Å². The van der Waals surface area contributed by atoms with Gasteiger partial charge in [0.15, 0.2) is 11.2 Å². The number of benzene rings is 1. The van der Waals surface area contributed by atoms with E-state index in [4.69, 9.17) is 4.74 Å². The Kier molecular flexibility index (Phi) is 8.92. The molecule has 0 unspecified atom stereocenters. The SMILES string of the molecule is CCCC[C@@H](CC)CNc1nc2c(c(=O)[nH]c(=O)n2C)n1C[C@H](O)COc1cccc(CC)c1. The van der Waals surface area contributed by atoms with Crippen molar-refractivity contribution in [1.29, 1.82) is 0 Å². The quantitative estimate of drug-likeness (QED) is 0.353. The lowest BCUT2D eigenvalue weighted by atomic mass is 9.99. The summed E-state index contributed by atoms with van der Waals surface area (Å²) in [5.41, 5.74) is 0.628. The van der Waals surface area contributed by atoms with Gasteiger partial charge in [-0.25, -0.2) is 4.79 Å². The Balaban J connectivity index is 1.84. The predicted molar refractivity (Wildman–Crippen MR) is 135 cm³/mol. The van der Waals surface area contributed by atoms with E-state index in [2.05, 4.69) is 36.1 Å². The van der Waals surface area contributed by atoms with Gasteiger partial charge >= 0.3 is 5.69 Å². The number of aliphatic hydroxyl groups is 1. The van der Waals surface area contributed by atoms with Crippen LogP contribution in [-0.4, -0.2) is 43.5 Å².